The molecule has 1 amide bonds. The third kappa shape index (κ3) is 2.89. The molecule has 1 aliphatic rings. The number of thioether (sulfide) groups is 1. The molecule has 1 fully saturated rings. The van der Waals surface area contributed by atoms with E-state index in [0.717, 1.165) is 6.54 Å². The van der Waals surface area contributed by atoms with E-state index in [4.69, 9.17) is 5.73 Å². The lowest BCUT2D eigenvalue weighted by Crippen LogP contribution is -2.45. The van der Waals surface area contributed by atoms with Gasteiger partial charge in [0.2, 0.25) is 5.91 Å². The van der Waals surface area contributed by atoms with Crippen LogP contribution in [0.2, 0.25) is 0 Å². The summed E-state index contributed by atoms with van der Waals surface area (Å²) in [6.07, 6.45) is 7.29. The number of hydrogen-bond donors (Lipinski definition) is 2. The molecule has 82 valence electrons. The zero-order valence-electron chi connectivity index (χ0n) is 9.01. The summed E-state index contributed by atoms with van der Waals surface area (Å²) >= 11 is 1.92. The average Bonchev–Trinajstić information content (AvgIpc) is 2.63. The standard InChI is InChI=1S/C10H20N2OS/c1-8(9(11)13)12-7-10(14-2)5-3-4-6-10/h8,12H,3-7H2,1-2H3,(H2,11,13). The van der Waals surface area contributed by atoms with E-state index in [2.05, 4.69) is 11.6 Å². The lowest BCUT2D eigenvalue weighted by Gasteiger charge is -2.28. The molecule has 14 heavy (non-hydrogen) atoms. The van der Waals surface area contributed by atoms with Gasteiger partial charge in [-0.25, -0.2) is 0 Å². The maximum atomic E-state index is 10.8. The van der Waals surface area contributed by atoms with Crippen LogP contribution in [0.1, 0.15) is 32.6 Å². The Labute approximate surface area is 90.2 Å². The lowest BCUT2D eigenvalue weighted by atomic mass is 10.1. The van der Waals surface area contributed by atoms with Crippen LogP contribution in [0.25, 0.3) is 0 Å². The normalized spacial score (nSPS) is 22.1. The number of primary amides is 1. The van der Waals surface area contributed by atoms with Crippen molar-refractivity contribution in [2.45, 2.75) is 43.4 Å². The summed E-state index contributed by atoms with van der Waals surface area (Å²) in [6.45, 7) is 2.73. The molecule has 1 rings (SSSR count). The molecule has 4 heteroatoms. The van der Waals surface area contributed by atoms with Crippen LogP contribution in [0.4, 0.5) is 0 Å². The van der Waals surface area contributed by atoms with E-state index in [9.17, 15) is 4.79 Å². The zero-order valence-corrected chi connectivity index (χ0v) is 9.82. The minimum atomic E-state index is -0.265. The topological polar surface area (TPSA) is 55.1 Å². The Morgan fingerprint density at radius 2 is 2.14 bits per heavy atom. The van der Waals surface area contributed by atoms with Crippen LogP contribution in [-0.2, 0) is 4.79 Å². The molecule has 3 nitrogen and oxygen atoms in total. The van der Waals surface area contributed by atoms with Crippen LogP contribution in [0.3, 0.4) is 0 Å². The monoisotopic (exact) mass is 216 g/mol. The predicted octanol–water partition coefficient (Wildman–Crippen LogP) is 1.13. The first kappa shape index (κ1) is 11.9. The largest absolute Gasteiger partial charge is 0.368 e. The highest BCUT2D eigenvalue weighted by molar-refractivity contribution is 8.00. The molecule has 1 unspecified atom stereocenters. The number of rotatable bonds is 5. The molecule has 0 saturated heterocycles. The fraction of sp³-hybridized carbons (Fsp3) is 0.900. The summed E-state index contributed by atoms with van der Waals surface area (Å²) < 4.78 is 0.351. The van der Waals surface area contributed by atoms with Gasteiger partial charge in [0.25, 0.3) is 0 Å². The number of carbonyl (C=O) groups excluding carboxylic acids is 1. The third-order valence-electron chi connectivity index (χ3n) is 3.10. The van der Waals surface area contributed by atoms with E-state index in [1.165, 1.54) is 25.7 Å². The van der Waals surface area contributed by atoms with Crippen molar-refractivity contribution < 1.29 is 4.79 Å². The highest BCUT2D eigenvalue weighted by atomic mass is 32.2. The van der Waals surface area contributed by atoms with E-state index in [1.807, 2.05) is 18.7 Å². The molecule has 0 spiro atoms. The Bertz CT molecular complexity index is 202. The second-order valence-corrected chi connectivity index (χ2v) is 5.37. The quantitative estimate of drug-likeness (QED) is 0.724. The Balaban J connectivity index is 2.38. The summed E-state index contributed by atoms with van der Waals surface area (Å²) in [7, 11) is 0. The first-order valence-corrected chi connectivity index (χ1v) is 6.40. The van der Waals surface area contributed by atoms with Gasteiger partial charge in [-0.15, -0.1) is 0 Å². The number of amides is 1. The molecular formula is C10H20N2OS. The lowest BCUT2D eigenvalue weighted by molar-refractivity contribution is -0.119. The molecule has 1 saturated carbocycles. The van der Waals surface area contributed by atoms with E-state index < -0.39 is 0 Å². The number of carbonyl (C=O) groups is 1. The molecule has 0 aromatic carbocycles. The van der Waals surface area contributed by atoms with E-state index in [1.54, 1.807) is 0 Å². The van der Waals surface area contributed by atoms with Crippen molar-refractivity contribution in [3.05, 3.63) is 0 Å². The van der Waals surface area contributed by atoms with Gasteiger partial charge >= 0.3 is 0 Å². The van der Waals surface area contributed by atoms with Gasteiger partial charge in [-0.2, -0.15) is 11.8 Å². The fourth-order valence-electron chi connectivity index (χ4n) is 1.91. The summed E-state index contributed by atoms with van der Waals surface area (Å²) in [5, 5.41) is 3.22. The van der Waals surface area contributed by atoms with Gasteiger partial charge in [-0.05, 0) is 26.0 Å². The molecular weight excluding hydrogens is 196 g/mol. The zero-order chi connectivity index (χ0) is 10.6. The van der Waals surface area contributed by atoms with Crippen LogP contribution in [0, 0.1) is 0 Å². The molecule has 0 bridgehead atoms. The van der Waals surface area contributed by atoms with Crippen molar-refractivity contribution in [1.29, 1.82) is 0 Å². The van der Waals surface area contributed by atoms with E-state index >= 15 is 0 Å². The summed E-state index contributed by atoms with van der Waals surface area (Å²) in [6, 6.07) is -0.209. The van der Waals surface area contributed by atoms with Crippen molar-refractivity contribution >= 4 is 17.7 Å². The summed E-state index contributed by atoms with van der Waals surface area (Å²) in [5.41, 5.74) is 5.20. The second kappa shape index (κ2) is 5.03. The smallest absolute Gasteiger partial charge is 0.234 e. The van der Waals surface area contributed by atoms with E-state index in [-0.39, 0.29) is 11.9 Å². The molecule has 3 N–H and O–H groups in total. The third-order valence-corrected chi connectivity index (χ3v) is 4.52. The maximum Gasteiger partial charge on any atom is 0.234 e. The molecule has 0 aromatic heterocycles. The first-order valence-electron chi connectivity index (χ1n) is 5.17. The van der Waals surface area contributed by atoms with Crippen LogP contribution in [0.5, 0.6) is 0 Å². The van der Waals surface area contributed by atoms with Crippen molar-refractivity contribution in [2.75, 3.05) is 12.8 Å². The molecule has 0 radical (unpaired) electrons. The van der Waals surface area contributed by atoms with Gasteiger partial charge in [0.05, 0.1) is 6.04 Å². The van der Waals surface area contributed by atoms with Crippen molar-refractivity contribution in [3.63, 3.8) is 0 Å². The highest BCUT2D eigenvalue weighted by Crippen LogP contribution is 2.39. The van der Waals surface area contributed by atoms with Gasteiger partial charge in [0.15, 0.2) is 0 Å². The average molecular weight is 216 g/mol. The van der Waals surface area contributed by atoms with Gasteiger partial charge in [0, 0.05) is 11.3 Å². The minimum Gasteiger partial charge on any atom is -0.368 e. The molecule has 0 heterocycles. The summed E-state index contributed by atoms with van der Waals surface area (Å²) in [5.74, 6) is -0.265. The fourth-order valence-corrected chi connectivity index (χ4v) is 2.84. The maximum absolute atomic E-state index is 10.8. The Morgan fingerprint density at radius 1 is 1.57 bits per heavy atom. The van der Waals surface area contributed by atoms with Gasteiger partial charge in [-0.1, -0.05) is 12.8 Å². The Hall–Kier alpha value is -0.220. The van der Waals surface area contributed by atoms with Crippen molar-refractivity contribution in [3.8, 4) is 0 Å². The molecule has 0 aliphatic heterocycles. The predicted molar refractivity (Wildman–Crippen MR) is 61.4 cm³/mol. The van der Waals surface area contributed by atoms with Gasteiger partial charge < -0.3 is 11.1 Å². The van der Waals surface area contributed by atoms with Crippen LogP contribution >= 0.6 is 11.8 Å². The van der Waals surface area contributed by atoms with Gasteiger partial charge in [-0.3, -0.25) is 4.79 Å². The van der Waals surface area contributed by atoms with Crippen LogP contribution < -0.4 is 11.1 Å². The molecule has 1 aliphatic carbocycles. The highest BCUT2D eigenvalue weighted by Gasteiger charge is 2.33. The van der Waals surface area contributed by atoms with E-state index in [0.29, 0.717) is 4.75 Å². The second-order valence-electron chi connectivity index (χ2n) is 4.10. The Morgan fingerprint density at radius 3 is 2.57 bits per heavy atom. The SMILES string of the molecule is CSC1(CNC(C)C(N)=O)CCCC1. The first-order chi connectivity index (χ1) is 6.59. The number of nitrogens with one attached hydrogen (secondary N) is 1. The van der Waals surface area contributed by atoms with Gasteiger partial charge in [0.1, 0.15) is 0 Å². The number of nitrogens with two attached hydrogens (primary N) is 1. The van der Waals surface area contributed by atoms with Crippen LogP contribution in [0.15, 0.2) is 0 Å². The summed E-state index contributed by atoms with van der Waals surface area (Å²) in [4.78, 5) is 10.8. The molecule has 1 atom stereocenters. The number of hydrogen-bond acceptors (Lipinski definition) is 3. The van der Waals surface area contributed by atoms with Crippen molar-refractivity contribution in [1.82, 2.24) is 5.32 Å². The van der Waals surface area contributed by atoms with Crippen molar-refractivity contribution in [2.24, 2.45) is 5.73 Å². The minimum absolute atomic E-state index is 0.209. The Kier molecular flexibility index (Phi) is 4.26. The molecule has 0 aromatic rings. The van der Waals surface area contributed by atoms with Crippen LogP contribution in [-0.4, -0.2) is 29.5 Å².